The first-order chi connectivity index (χ1) is 16.3. The summed E-state index contributed by atoms with van der Waals surface area (Å²) in [5, 5.41) is 4.62. The number of hydrogen-bond acceptors (Lipinski definition) is 5. The molecule has 0 fully saturated rings. The number of ether oxygens (including phenoxy) is 3. The van der Waals surface area contributed by atoms with Crippen LogP contribution in [0.25, 0.3) is 0 Å². The summed E-state index contributed by atoms with van der Waals surface area (Å²) < 4.78 is 17.9. The molecule has 0 unspecified atom stereocenters. The molecule has 0 heterocycles. The predicted octanol–water partition coefficient (Wildman–Crippen LogP) is 8.91. The molecule has 34 heavy (non-hydrogen) atoms. The fourth-order valence-corrected chi connectivity index (χ4v) is 3.39. The lowest BCUT2D eigenvalue weighted by Crippen LogP contribution is -2.03. The van der Waals surface area contributed by atoms with Gasteiger partial charge in [-0.1, -0.05) is 51.6 Å². The summed E-state index contributed by atoms with van der Waals surface area (Å²) in [6.07, 6.45) is 6.52. The molecule has 2 rings (SSSR count). The highest BCUT2D eigenvalue weighted by atomic mass is 79.9. The number of rotatable bonds is 14. The van der Waals surface area contributed by atoms with Gasteiger partial charge in [-0.25, -0.2) is 0 Å². The molecule has 0 aliphatic carbocycles. The monoisotopic (exact) mass is 673 g/mol. The summed E-state index contributed by atoms with van der Waals surface area (Å²) in [5.41, 5.74) is 0.909. The van der Waals surface area contributed by atoms with Crippen molar-refractivity contribution in [2.45, 2.75) is 12.8 Å². The molecule has 0 aromatic heterocycles. The van der Waals surface area contributed by atoms with Crippen LogP contribution in [0.2, 0.25) is 10.0 Å². The zero-order valence-corrected chi connectivity index (χ0v) is 24.0. The quantitative estimate of drug-likeness (QED) is 0.114. The Kier molecular flexibility index (Phi) is 14.2. The average molecular weight is 677 g/mol. The molecule has 0 spiro atoms. The van der Waals surface area contributed by atoms with E-state index in [1.165, 1.54) is 6.08 Å². The Hall–Kier alpha value is -1.09. The third kappa shape index (κ3) is 12.0. The first kappa shape index (κ1) is 29.1. The molecule has 0 radical (unpaired) electrons. The number of benzene rings is 2. The second-order valence-electron chi connectivity index (χ2n) is 6.52. The molecule has 0 aliphatic rings. The van der Waals surface area contributed by atoms with Crippen LogP contribution >= 0.6 is 78.3 Å². The fraction of sp³-hybridized carbons (Fsp3) is 0.261. The van der Waals surface area contributed by atoms with Crippen molar-refractivity contribution in [2.24, 2.45) is 5.16 Å². The van der Waals surface area contributed by atoms with Gasteiger partial charge in [0.25, 0.3) is 0 Å². The minimum atomic E-state index is 0.126. The van der Waals surface area contributed by atoms with Gasteiger partial charge < -0.3 is 19.0 Å². The van der Waals surface area contributed by atoms with E-state index in [2.05, 4.69) is 37.0 Å². The molecule has 0 bridgehead atoms. The molecule has 0 saturated heterocycles. The van der Waals surface area contributed by atoms with E-state index in [0.29, 0.717) is 41.4 Å². The van der Waals surface area contributed by atoms with E-state index in [9.17, 15) is 0 Å². The highest BCUT2D eigenvalue weighted by molar-refractivity contribution is 9.28. The third-order valence-electron chi connectivity index (χ3n) is 3.98. The summed E-state index contributed by atoms with van der Waals surface area (Å²) in [6, 6.07) is 10.8. The maximum Gasteiger partial charge on any atom is 0.156 e. The molecule has 0 amide bonds. The minimum Gasteiger partial charge on any atom is -0.494 e. The lowest BCUT2D eigenvalue weighted by Gasteiger charge is -2.12. The molecule has 2 aromatic rings. The minimum absolute atomic E-state index is 0.126. The van der Waals surface area contributed by atoms with Crippen LogP contribution in [0.3, 0.4) is 0 Å². The Morgan fingerprint density at radius 2 is 1.47 bits per heavy atom. The molecule has 0 N–H and O–H groups in total. The zero-order valence-electron chi connectivity index (χ0n) is 17.8. The van der Waals surface area contributed by atoms with Crippen LogP contribution in [0.1, 0.15) is 18.4 Å². The van der Waals surface area contributed by atoms with Crippen molar-refractivity contribution >= 4 is 84.5 Å². The van der Waals surface area contributed by atoms with Crippen LogP contribution in [0.15, 0.2) is 61.6 Å². The van der Waals surface area contributed by atoms with Crippen molar-refractivity contribution in [2.75, 3.05) is 26.4 Å². The highest BCUT2D eigenvalue weighted by Crippen LogP contribution is 2.37. The average Bonchev–Trinajstić information content (AvgIpc) is 2.78. The lowest BCUT2D eigenvalue weighted by atomic mass is 10.2. The molecule has 0 atom stereocenters. The third-order valence-corrected chi connectivity index (χ3v) is 5.50. The van der Waals surface area contributed by atoms with Gasteiger partial charge in [0, 0.05) is 12.1 Å². The first-order valence-corrected chi connectivity index (χ1v) is 13.1. The predicted molar refractivity (Wildman–Crippen MR) is 148 cm³/mol. The molecule has 11 heteroatoms. The summed E-state index contributed by atoms with van der Waals surface area (Å²) in [7, 11) is 0. The molecular formula is C23H21Br2Cl4NO4. The largest absolute Gasteiger partial charge is 0.494 e. The normalized spacial score (nSPS) is 10.6. The first-order valence-electron chi connectivity index (χ1n) is 10.0. The van der Waals surface area contributed by atoms with E-state index in [1.54, 1.807) is 24.4 Å². The smallest absolute Gasteiger partial charge is 0.156 e. The number of hydrogen-bond donors (Lipinski definition) is 0. The van der Waals surface area contributed by atoms with Crippen LogP contribution in [0, 0.1) is 0 Å². The van der Waals surface area contributed by atoms with Gasteiger partial charge in [-0.3, -0.25) is 0 Å². The lowest BCUT2D eigenvalue weighted by molar-refractivity contribution is 0.176. The van der Waals surface area contributed by atoms with Gasteiger partial charge in [0.2, 0.25) is 0 Å². The Bertz CT molecular complexity index is 970. The van der Waals surface area contributed by atoms with Crippen LogP contribution in [-0.2, 0) is 4.84 Å². The Morgan fingerprint density at radius 3 is 2.09 bits per heavy atom. The van der Waals surface area contributed by atoms with Gasteiger partial charge in [0.1, 0.15) is 29.2 Å². The fourth-order valence-electron chi connectivity index (χ4n) is 2.42. The van der Waals surface area contributed by atoms with E-state index < -0.39 is 0 Å². The highest BCUT2D eigenvalue weighted by Gasteiger charge is 2.10. The van der Waals surface area contributed by atoms with Crippen LogP contribution < -0.4 is 14.2 Å². The Morgan fingerprint density at radius 1 is 0.824 bits per heavy atom. The topological polar surface area (TPSA) is 49.3 Å². The van der Waals surface area contributed by atoms with E-state index in [1.807, 2.05) is 24.3 Å². The van der Waals surface area contributed by atoms with Crippen LogP contribution in [-0.4, -0.2) is 32.6 Å². The standard InChI is InChI=1S/C23H21Br2Cl4NO4/c24-21(25)7-12-34-30-15-16-3-5-17(6-4-16)31-9-1-2-10-33-23-19(26)13-18(14-20(23)27)32-11-8-22(28)29/h3-8,13-15H,1-2,9-12H2/b30-15+. The van der Waals surface area contributed by atoms with E-state index in [0.717, 1.165) is 27.5 Å². The van der Waals surface area contributed by atoms with Crippen molar-refractivity contribution in [1.82, 2.24) is 0 Å². The van der Waals surface area contributed by atoms with Gasteiger partial charge in [-0.05, 0) is 86.7 Å². The van der Waals surface area contributed by atoms with Gasteiger partial charge >= 0.3 is 0 Å². The second kappa shape index (κ2) is 16.6. The number of unbranched alkanes of at least 4 members (excludes halogenated alkanes) is 1. The molecule has 184 valence electrons. The second-order valence-corrected chi connectivity index (χ2v) is 11.1. The molecule has 2 aromatic carbocycles. The number of halogens is 6. The summed E-state index contributed by atoms with van der Waals surface area (Å²) >= 11 is 30.1. The van der Waals surface area contributed by atoms with Crippen molar-refractivity contribution in [3.8, 4) is 17.2 Å². The van der Waals surface area contributed by atoms with Crippen molar-refractivity contribution in [1.29, 1.82) is 0 Å². The molecule has 0 saturated carbocycles. The maximum atomic E-state index is 6.26. The van der Waals surface area contributed by atoms with Crippen molar-refractivity contribution < 1.29 is 19.0 Å². The van der Waals surface area contributed by atoms with Gasteiger partial charge in [-0.2, -0.15) is 0 Å². The van der Waals surface area contributed by atoms with Crippen LogP contribution in [0.5, 0.6) is 17.2 Å². The number of nitrogens with zero attached hydrogens (tertiary/aromatic N) is 1. The number of oxime groups is 1. The maximum absolute atomic E-state index is 6.26. The molecule has 5 nitrogen and oxygen atoms in total. The van der Waals surface area contributed by atoms with Crippen molar-refractivity contribution in [3.05, 3.63) is 72.0 Å². The van der Waals surface area contributed by atoms with E-state index in [4.69, 9.17) is 65.5 Å². The van der Waals surface area contributed by atoms with Gasteiger partial charge in [0.15, 0.2) is 5.75 Å². The van der Waals surface area contributed by atoms with Gasteiger partial charge in [0.05, 0.1) is 32.9 Å². The van der Waals surface area contributed by atoms with Crippen LogP contribution in [0.4, 0.5) is 0 Å². The zero-order chi connectivity index (χ0) is 24.8. The molecule has 0 aliphatic heterocycles. The summed E-state index contributed by atoms with van der Waals surface area (Å²) in [6.45, 7) is 1.57. The van der Waals surface area contributed by atoms with E-state index in [-0.39, 0.29) is 11.1 Å². The summed E-state index contributed by atoms with van der Waals surface area (Å²) in [5.74, 6) is 1.68. The molecular weight excluding hydrogens is 656 g/mol. The Balaban J connectivity index is 1.67. The Labute approximate surface area is 235 Å². The van der Waals surface area contributed by atoms with E-state index >= 15 is 0 Å². The SMILES string of the molecule is ClC(Cl)=CCOc1cc(Cl)c(OCCCCOc2ccc(/C=N/OCC=C(Br)Br)cc2)c(Cl)c1. The van der Waals surface area contributed by atoms with Gasteiger partial charge in [-0.15, -0.1) is 0 Å². The van der Waals surface area contributed by atoms with Crippen molar-refractivity contribution in [3.63, 3.8) is 0 Å². The summed E-state index contributed by atoms with van der Waals surface area (Å²) in [4.78, 5) is 5.11.